The molecule has 4 heteroatoms. The lowest BCUT2D eigenvalue weighted by atomic mass is 10.0. The average molecular weight is 286 g/mol. The van der Waals surface area contributed by atoms with Gasteiger partial charge >= 0.3 is 0 Å². The molecule has 1 aromatic heterocycles. The summed E-state index contributed by atoms with van der Waals surface area (Å²) in [5.74, 6) is 0.135. The molecule has 0 N–H and O–H groups in total. The number of nitrogens with zero attached hydrogens (tertiary/aromatic N) is 2. The predicted molar refractivity (Wildman–Crippen MR) is 83.7 cm³/mol. The van der Waals surface area contributed by atoms with Gasteiger partial charge in [-0.15, -0.1) is 0 Å². The summed E-state index contributed by atoms with van der Waals surface area (Å²) in [6.45, 7) is 2.64. The maximum absolute atomic E-state index is 12.5. The molecule has 1 saturated heterocycles. The second-order valence-corrected chi connectivity index (χ2v) is 6.04. The smallest absolute Gasteiger partial charge is 0.180 e. The van der Waals surface area contributed by atoms with Crippen LogP contribution in [0.25, 0.3) is 11.0 Å². The highest BCUT2D eigenvalue weighted by molar-refractivity contribution is 6.08. The van der Waals surface area contributed by atoms with Crippen LogP contribution in [-0.2, 0) is 0 Å². The maximum atomic E-state index is 12.5. The number of Topliss-reactive ketones (excluding diaryl/α,β-unsaturated/α-hetero) is 1. The summed E-state index contributed by atoms with van der Waals surface area (Å²) in [5, 5.41) is 0.914. The number of furan rings is 1. The third-order valence-electron chi connectivity index (χ3n) is 4.40. The number of hydrogen-bond acceptors (Lipinski definition) is 4. The van der Waals surface area contributed by atoms with Crippen molar-refractivity contribution in [3.8, 4) is 0 Å². The molecule has 0 aliphatic carbocycles. The molecule has 1 atom stereocenters. The molecule has 1 aliphatic heterocycles. The average Bonchev–Trinajstić information content (AvgIpc) is 2.91. The van der Waals surface area contributed by atoms with Gasteiger partial charge in [0, 0.05) is 18.0 Å². The Morgan fingerprint density at radius 2 is 2.24 bits per heavy atom. The van der Waals surface area contributed by atoms with Gasteiger partial charge in [0.05, 0.1) is 12.1 Å². The zero-order valence-corrected chi connectivity index (χ0v) is 12.7. The number of carbonyl (C=O) groups is 1. The van der Waals surface area contributed by atoms with E-state index in [9.17, 15) is 4.79 Å². The lowest BCUT2D eigenvalue weighted by molar-refractivity contribution is 0.0858. The highest BCUT2D eigenvalue weighted by atomic mass is 16.3. The second-order valence-electron chi connectivity index (χ2n) is 6.04. The van der Waals surface area contributed by atoms with Crippen LogP contribution in [0.2, 0.25) is 0 Å². The number of likely N-dealkylation sites (tertiary alicyclic amines) is 1. The first-order chi connectivity index (χ1) is 10.1. The minimum Gasteiger partial charge on any atom is -0.464 e. The third kappa shape index (κ3) is 3.01. The van der Waals surface area contributed by atoms with Crippen molar-refractivity contribution in [3.63, 3.8) is 0 Å². The topological polar surface area (TPSA) is 36.7 Å². The van der Waals surface area contributed by atoms with Crippen LogP contribution in [-0.4, -0.2) is 55.4 Å². The normalized spacial score (nSPS) is 20.2. The van der Waals surface area contributed by atoms with Crippen LogP contribution >= 0.6 is 0 Å². The summed E-state index contributed by atoms with van der Waals surface area (Å²) in [5.41, 5.74) is 1.47. The lowest BCUT2D eigenvalue weighted by Crippen LogP contribution is -2.46. The molecule has 0 spiro atoms. The van der Waals surface area contributed by atoms with Crippen LogP contribution < -0.4 is 0 Å². The van der Waals surface area contributed by atoms with Gasteiger partial charge in [-0.05, 0) is 39.5 Å². The third-order valence-corrected chi connectivity index (χ3v) is 4.40. The molecule has 4 nitrogen and oxygen atoms in total. The Balaban J connectivity index is 1.71. The van der Waals surface area contributed by atoms with Crippen molar-refractivity contribution in [1.29, 1.82) is 0 Å². The van der Waals surface area contributed by atoms with Gasteiger partial charge in [0.1, 0.15) is 11.8 Å². The molecule has 0 saturated carbocycles. The van der Waals surface area contributed by atoms with E-state index in [-0.39, 0.29) is 5.78 Å². The van der Waals surface area contributed by atoms with Gasteiger partial charge in [-0.1, -0.05) is 18.2 Å². The van der Waals surface area contributed by atoms with Gasteiger partial charge in [0.15, 0.2) is 5.78 Å². The zero-order valence-electron chi connectivity index (χ0n) is 12.7. The van der Waals surface area contributed by atoms with E-state index in [1.165, 1.54) is 12.8 Å². The molecule has 2 heterocycles. The SMILES string of the molecule is CN1CCCC(N(C)CC(=O)c2coc3ccccc23)C1. The Labute approximate surface area is 125 Å². The van der Waals surface area contributed by atoms with E-state index >= 15 is 0 Å². The van der Waals surface area contributed by atoms with E-state index in [1.54, 1.807) is 6.26 Å². The van der Waals surface area contributed by atoms with E-state index in [2.05, 4.69) is 16.8 Å². The van der Waals surface area contributed by atoms with Crippen LogP contribution in [0.15, 0.2) is 34.9 Å². The van der Waals surface area contributed by atoms with Crippen LogP contribution in [0, 0.1) is 0 Å². The Bertz CT molecular complexity index is 635. The summed E-state index contributed by atoms with van der Waals surface area (Å²) >= 11 is 0. The fourth-order valence-electron chi connectivity index (χ4n) is 3.13. The molecule has 2 aromatic rings. The van der Waals surface area contributed by atoms with Crippen LogP contribution in [0.4, 0.5) is 0 Å². The van der Waals surface area contributed by atoms with Gasteiger partial charge < -0.3 is 9.32 Å². The number of rotatable bonds is 4. The summed E-state index contributed by atoms with van der Waals surface area (Å²) < 4.78 is 5.47. The van der Waals surface area contributed by atoms with Crippen molar-refractivity contribution in [2.45, 2.75) is 18.9 Å². The number of likely N-dealkylation sites (N-methyl/N-ethyl adjacent to an activating group) is 2. The fourth-order valence-corrected chi connectivity index (χ4v) is 3.13. The summed E-state index contributed by atoms with van der Waals surface area (Å²) in [7, 11) is 4.19. The Morgan fingerprint density at radius 3 is 3.05 bits per heavy atom. The Morgan fingerprint density at radius 1 is 1.43 bits per heavy atom. The Kier molecular flexibility index (Phi) is 4.08. The number of piperidine rings is 1. The van der Waals surface area contributed by atoms with Gasteiger partial charge in [-0.3, -0.25) is 9.69 Å². The van der Waals surface area contributed by atoms with E-state index in [1.807, 2.05) is 31.3 Å². The predicted octanol–water partition coefficient (Wildman–Crippen LogP) is 2.64. The molecular formula is C17H22N2O2. The lowest BCUT2D eigenvalue weighted by Gasteiger charge is -2.35. The summed E-state index contributed by atoms with van der Waals surface area (Å²) in [4.78, 5) is 17.1. The number of ketones is 1. The number of fused-ring (bicyclic) bond motifs is 1. The van der Waals surface area contributed by atoms with Gasteiger partial charge in [0.25, 0.3) is 0 Å². The molecule has 0 amide bonds. The standard InChI is InChI=1S/C17H22N2O2/c1-18-9-5-6-13(10-18)19(2)11-16(20)15-12-21-17-8-4-3-7-14(15)17/h3-4,7-8,12-13H,5-6,9-11H2,1-2H3. The molecule has 0 radical (unpaired) electrons. The molecular weight excluding hydrogens is 264 g/mol. The minimum absolute atomic E-state index is 0.135. The quantitative estimate of drug-likeness (QED) is 0.810. The van der Waals surface area contributed by atoms with Gasteiger partial charge in [0.2, 0.25) is 0 Å². The van der Waals surface area contributed by atoms with Crippen molar-refractivity contribution in [1.82, 2.24) is 9.80 Å². The fraction of sp³-hybridized carbons (Fsp3) is 0.471. The first kappa shape index (κ1) is 14.3. The van der Waals surface area contributed by atoms with Gasteiger partial charge in [-0.25, -0.2) is 0 Å². The first-order valence-electron chi connectivity index (χ1n) is 7.53. The van der Waals surface area contributed by atoms with Gasteiger partial charge in [-0.2, -0.15) is 0 Å². The van der Waals surface area contributed by atoms with E-state index < -0.39 is 0 Å². The number of carbonyl (C=O) groups excluding carboxylic acids is 1. The summed E-state index contributed by atoms with van der Waals surface area (Å²) in [6, 6.07) is 8.16. The highest BCUT2D eigenvalue weighted by Gasteiger charge is 2.23. The molecule has 1 unspecified atom stereocenters. The molecule has 1 fully saturated rings. The second kappa shape index (κ2) is 6.00. The first-order valence-corrected chi connectivity index (χ1v) is 7.53. The van der Waals surface area contributed by atoms with Crippen molar-refractivity contribution < 1.29 is 9.21 Å². The van der Waals surface area contributed by atoms with Crippen LogP contribution in [0.3, 0.4) is 0 Å². The maximum Gasteiger partial charge on any atom is 0.180 e. The summed E-state index contributed by atoms with van der Waals surface area (Å²) in [6.07, 6.45) is 3.96. The van der Waals surface area contributed by atoms with Crippen LogP contribution in [0.1, 0.15) is 23.2 Å². The Hall–Kier alpha value is -1.65. The van der Waals surface area contributed by atoms with Crippen molar-refractivity contribution in [2.75, 3.05) is 33.7 Å². The van der Waals surface area contributed by atoms with E-state index in [0.717, 1.165) is 24.1 Å². The van der Waals surface area contributed by atoms with E-state index in [4.69, 9.17) is 4.42 Å². The van der Waals surface area contributed by atoms with Crippen LogP contribution in [0.5, 0.6) is 0 Å². The highest BCUT2D eigenvalue weighted by Crippen LogP contribution is 2.22. The molecule has 1 aliphatic rings. The molecule has 21 heavy (non-hydrogen) atoms. The van der Waals surface area contributed by atoms with Crippen molar-refractivity contribution >= 4 is 16.8 Å². The molecule has 0 bridgehead atoms. The minimum atomic E-state index is 0.135. The number of para-hydroxylation sites is 1. The molecule has 112 valence electrons. The number of benzene rings is 1. The monoisotopic (exact) mass is 286 g/mol. The molecule has 1 aromatic carbocycles. The number of hydrogen-bond donors (Lipinski definition) is 0. The molecule has 3 rings (SSSR count). The zero-order chi connectivity index (χ0) is 14.8. The van der Waals surface area contributed by atoms with E-state index in [0.29, 0.717) is 18.2 Å². The van der Waals surface area contributed by atoms with Crippen molar-refractivity contribution in [2.24, 2.45) is 0 Å². The largest absolute Gasteiger partial charge is 0.464 e. The van der Waals surface area contributed by atoms with Crippen molar-refractivity contribution in [3.05, 3.63) is 36.1 Å².